The average Bonchev–Trinajstić information content (AvgIpc) is 3.02. The summed E-state index contributed by atoms with van der Waals surface area (Å²) in [7, 11) is 1.60. The minimum Gasteiger partial charge on any atom is -0.497 e. The van der Waals surface area contributed by atoms with Gasteiger partial charge in [0, 0.05) is 24.5 Å². The van der Waals surface area contributed by atoms with Crippen LogP contribution in [-0.2, 0) is 0 Å². The van der Waals surface area contributed by atoms with E-state index in [0.717, 1.165) is 12.1 Å². The molecule has 20 heavy (non-hydrogen) atoms. The summed E-state index contributed by atoms with van der Waals surface area (Å²) in [4.78, 5) is 14.2. The monoisotopic (exact) mass is 274 g/mol. The van der Waals surface area contributed by atoms with Crippen LogP contribution in [0.4, 0.5) is 5.69 Å². The molecule has 0 spiro atoms. The Bertz CT molecular complexity index is 554. The summed E-state index contributed by atoms with van der Waals surface area (Å²) in [5.41, 5.74) is 6.77. The number of methoxy groups -OCH3 is 1. The van der Waals surface area contributed by atoms with Gasteiger partial charge in [-0.2, -0.15) is 5.10 Å². The van der Waals surface area contributed by atoms with Crippen molar-refractivity contribution in [3.05, 3.63) is 42.2 Å². The lowest BCUT2D eigenvalue weighted by molar-refractivity contribution is 0.0982. The number of aromatic nitrogens is 2. The first kappa shape index (κ1) is 14.1. The number of amides is 1. The lowest BCUT2D eigenvalue weighted by Gasteiger charge is -2.22. The van der Waals surface area contributed by atoms with Crippen molar-refractivity contribution in [2.75, 3.05) is 25.1 Å². The molecule has 0 saturated carbocycles. The van der Waals surface area contributed by atoms with Crippen LogP contribution in [0.25, 0.3) is 0 Å². The molecule has 1 aromatic carbocycles. The summed E-state index contributed by atoms with van der Waals surface area (Å²) in [6, 6.07) is 9.03. The molecule has 1 aromatic heterocycles. The zero-order valence-corrected chi connectivity index (χ0v) is 11.4. The van der Waals surface area contributed by atoms with Crippen LogP contribution < -0.4 is 15.4 Å². The number of nitrogens with zero attached hydrogens (tertiary/aromatic N) is 2. The van der Waals surface area contributed by atoms with Gasteiger partial charge in [0.2, 0.25) is 0 Å². The van der Waals surface area contributed by atoms with Crippen molar-refractivity contribution in [1.29, 1.82) is 0 Å². The lowest BCUT2D eigenvalue weighted by atomic mass is 10.2. The van der Waals surface area contributed by atoms with Crippen molar-refractivity contribution in [1.82, 2.24) is 10.2 Å². The molecule has 6 heteroatoms. The minimum atomic E-state index is -0.135. The molecule has 0 radical (unpaired) electrons. The second-order valence-electron chi connectivity index (χ2n) is 4.27. The molecule has 0 saturated heterocycles. The van der Waals surface area contributed by atoms with Gasteiger partial charge >= 0.3 is 0 Å². The molecule has 2 rings (SSSR count). The lowest BCUT2D eigenvalue weighted by Crippen LogP contribution is -2.33. The molecular weight excluding hydrogens is 256 g/mol. The Balaban J connectivity index is 2.28. The Hall–Kier alpha value is -2.34. The van der Waals surface area contributed by atoms with Crippen LogP contribution in [-0.4, -0.2) is 36.3 Å². The summed E-state index contributed by atoms with van der Waals surface area (Å²) in [5.74, 6) is 0.571. The van der Waals surface area contributed by atoms with Crippen molar-refractivity contribution < 1.29 is 9.53 Å². The Morgan fingerprint density at radius 2 is 2.30 bits per heavy atom. The summed E-state index contributed by atoms with van der Waals surface area (Å²) in [6.45, 7) is 1.07. The molecule has 1 heterocycles. The maximum Gasteiger partial charge on any atom is 0.276 e. The van der Waals surface area contributed by atoms with E-state index in [4.69, 9.17) is 10.5 Å². The maximum absolute atomic E-state index is 12.5. The smallest absolute Gasteiger partial charge is 0.276 e. The van der Waals surface area contributed by atoms with Crippen LogP contribution in [0, 0.1) is 0 Å². The van der Waals surface area contributed by atoms with E-state index in [0.29, 0.717) is 24.5 Å². The van der Waals surface area contributed by atoms with Gasteiger partial charge in [0.05, 0.1) is 7.11 Å². The van der Waals surface area contributed by atoms with Gasteiger partial charge in [0.1, 0.15) is 11.4 Å². The van der Waals surface area contributed by atoms with Gasteiger partial charge in [0.15, 0.2) is 0 Å². The summed E-state index contributed by atoms with van der Waals surface area (Å²) < 4.78 is 5.20. The highest BCUT2D eigenvalue weighted by Crippen LogP contribution is 2.22. The van der Waals surface area contributed by atoms with E-state index in [-0.39, 0.29) is 5.91 Å². The number of nitrogens with two attached hydrogens (primary N) is 1. The number of hydrogen-bond acceptors (Lipinski definition) is 4. The molecule has 0 unspecified atom stereocenters. The molecule has 2 aromatic rings. The number of ether oxygens (including phenoxy) is 1. The quantitative estimate of drug-likeness (QED) is 0.834. The van der Waals surface area contributed by atoms with Gasteiger partial charge in [0.25, 0.3) is 5.91 Å². The van der Waals surface area contributed by atoms with Crippen molar-refractivity contribution in [2.24, 2.45) is 5.73 Å². The van der Waals surface area contributed by atoms with Crippen LogP contribution in [0.5, 0.6) is 5.75 Å². The normalized spacial score (nSPS) is 10.3. The van der Waals surface area contributed by atoms with E-state index < -0.39 is 0 Å². The number of H-pyrrole nitrogens is 1. The zero-order chi connectivity index (χ0) is 14.4. The van der Waals surface area contributed by atoms with Crippen molar-refractivity contribution >= 4 is 11.6 Å². The van der Waals surface area contributed by atoms with E-state index in [1.165, 1.54) is 0 Å². The highest BCUT2D eigenvalue weighted by molar-refractivity contribution is 6.04. The Kier molecular flexibility index (Phi) is 4.73. The predicted octanol–water partition coefficient (Wildman–Crippen LogP) is 1.41. The molecule has 0 aliphatic heterocycles. The molecule has 0 aliphatic rings. The SMILES string of the molecule is COc1cccc(N(CCCN)C(=O)c2ccn[nH]2)c1. The maximum atomic E-state index is 12.5. The van der Waals surface area contributed by atoms with E-state index >= 15 is 0 Å². The van der Waals surface area contributed by atoms with Crippen molar-refractivity contribution in [2.45, 2.75) is 6.42 Å². The first-order valence-corrected chi connectivity index (χ1v) is 6.41. The fourth-order valence-corrected chi connectivity index (χ4v) is 1.90. The number of nitrogens with one attached hydrogen (secondary N) is 1. The minimum absolute atomic E-state index is 0.135. The van der Waals surface area contributed by atoms with Gasteiger partial charge in [-0.1, -0.05) is 6.07 Å². The Labute approximate surface area is 117 Å². The second-order valence-corrected chi connectivity index (χ2v) is 4.27. The van der Waals surface area contributed by atoms with Gasteiger partial charge in [-0.05, 0) is 31.2 Å². The van der Waals surface area contributed by atoms with Crippen LogP contribution >= 0.6 is 0 Å². The molecule has 0 fully saturated rings. The number of carbonyl (C=O) groups excluding carboxylic acids is 1. The number of hydrogen-bond donors (Lipinski definition) is 2. The molecule has 0 atom stereocenters. The summed E-state index contributed by atoms with van der Waals surface area (Å²) in [5, 5.41) is 6.50. The number of carbonyl (C=O) groups is 1. The van der Waals surface area contributed by atoms with Crippen molar-refractivity contribution in [3.8, 4) is 5.75 Å². The van der Waals surface area contributed by atoms with Crippen LogP contribution in [0.1, 0.15) is 16.9 Å². The molecule has 106 valence electrons. The first-order chi connectivity index (χ1) is 9.76. The number of rotatable bonds is 6. The predicted molar refractivity (Wildman–Crippen MR) is 76.9 cm³/mol. The highest BCUT2D eigenvalue weighted by Gasteiger charge is 2.18. The van der Waals surface area contributed by atoms with Gasteiger partial charge in [-0.25, -0.2) is 0 Å². The van der Waals surface area contributed by atoms with E-state index in [1.54, 1.807) is 24.3 Å². The fraction of sp³-hybridized carbons (Fsp3) is 0.286. The molecular formula is C14H18N4O2. The molecule has 3 N–H and O–H groups in total. The first-order valence-electron chi connectivity index (χ1n) is 6.41. The molecule has 1 amide bonds. The Morgan fingerprint density at radius 1 is 1.45 bits per heavy atom. The van der Waals surface area contributed by atoms with Crippen LogP contribution in [0.2, 0.25) is 0 Å². The van der Waals surface area contributed by atoms with Gasteiger partial charge in [-0.3, -0.25) is 9.89 Å². The third kappa shape index (κ3) is 3.16. The molecule has 0 bridgehead atoms. The zero-order valence-electron chi connectivity index (χ0n) is 11.4. The standard InChI is InChI=1S/C14H18N4O2/c1-20-12-5-2-4-11(10-12)18(9-3-7-15)14(19)13-6-8-16-17-13/h2,4-6,8,10H,3,7,9,15H2,1H3,(H,16,17). The Morgan fingerprint density at radius 3 is 2.95 bits per heavy atom. The van der Waals surface area contributed by atoms with Crippen molar-refractivity contribution in [3.63, 3.8) is 0 Å². The van der Waals surface area contributed by atoms with Crippen LogP contribution in [0.15, 0.2) is 36.5 Å². The fourth-order valence-electron chi connectivity index (χ4n) is 1.90. The number of anilines is 1. The third-order valence-electron chi connectivity index (χ3n) is 2.93. The van der Waals surface area contributed by atoms with Gasteiger partial charge < -0.3 is 15.4 Å². The number of aromatic amines is 1. The van der Waals surface area contributed by atoms with Crippen LogP contribution in [0.3, 0.4) is 0 Å². The summed E-state index contributed by atoms with van der Waals surface area (Å²) >= 11 is 0. The molecule has 0 aliphatic carbocycles. The average molecular weight is 274 g/mol. The van der Waals surface area contributed by atoms with E-state index in [2.05, 4.69) is 10.2 Å². The molecule has 6 nitrogen and oxygen atoms in total. The largest absolute Gasteiger partial charge is 0.497 e. The number of benzene rings is 1. The second kappa shape index (κ2) is 6.72. The van der Waals surface area contributed by atoms with Gasteiger partial charge in [-0.15, -0.1) is 0 Å². The highest BCUT2D eigenvalue weighted by atomic mass is 16.5. The van der Waals surface area contributed by atoms with E-state index in [9.17, 15) is 4.79 Å². The third-order valence-corrected chi connectivity index (χ3v) is 2.93. The topological polar surface area (TPSA) is 84.2 Å². The van der Waals surface area contributed by atoms with E-state index in [1.807, 2.05) is 24.3 Å². The summed E-state index contributed by atoms with van der Waals surface area (Å²) in [6.07, 6.45) is 2.27.